The molecule has 0 fully saturated rings. The van der Waals surface area contributed by atoms with Crippen molar-refractivity contribution in [2.75, 3.05) is 12.0 Å². The van der Waals surface area contributed by atoms with E-state index in [1.807, 2.05) is 0 Å². The summed E-state index contributed by atoms with van der Waals surface area (Å²) in [5.74, 6) is -0.701. The molecule has 0 atom stereocenters. The second kappa shape index (κ2) is 7.67. The van der Waals surface area contributed by atoms with Gasteiger partial charge in [-0.1, -0.05) is 30.3 Å². The Bertz CT molecular complexity index is 1140. The number of aliphatic imine (C=N–C) groups is 1. The highest BCUT2D eigenvalue weighted by molar-refractivity contribution is 6.33. The summed E-state index contributed by atoms with van der Waals surface area (Å²) in [5, 5.41) is 0. The van der Waals surface area contributed by atoms with E-state index in [-0.39, 0.29) is 22.7 Å². The first-order valence-electron chi connectivity index (χ1n) is 8.87. The number of amidine groups is 1. The smallest absolute Gasteiger partial charge is 0.282 e. The van der Waals surface area contributed by atoms with Gasteiger partial charge in [0.1, 0.15) is 23.1 Å². The van der Waals surface area contributed by atoms with Crippen molar-refractivity contribution in [3.8, 4) is 5.75 Å². The second-order valence-corrected chi connectivity index (χ2v) is 6.30. The van der Waals surface area contributed by atoms with Crippen molar-refractivity contribution in [2.24, 2.45) is 4.99 Å². The zero-order valence-electron chi connectivity index (χ0n) is 15.5. The number of ether oxygens (including phenoxy) is 1. The first-order chi connectivity index (χ1) is 14.1. The lowest BCUT2D eigenvalue weighted by atomic mass is 10.1. The Balaban J connectivity index is 1.85. The first-order valence-corrected chi connectivity index (χ1v) is 8.87. The topological polar surface area (TPSA) is 41.9 Å². The van der Waals surface area contributed by atoms with Crippen LogP contribution in [0.5, 0.6) is 5.75 Å². The van der Waals surface area contributed by atoms with Crippen LogP contribution in [0, 0.1) is 11.6 Å². The maximum Gasteiger partial charge on any atom is 0.282 e. The standard InChI is InChI=1S/C23H16F2N2O2/c1-29-17-12-10-16(11-13-17)27-22(18-7-3-5-9-20(18)25)26-21(23(27)28)14-15-6-2-4-8-19(15)24/h2-14H,1H3/b21-14+. The van der Waals surface area contributed by atoms with E-state index in [0.29, 0.717) is 11.4 Å². The summed E-state index contributed by atoms with van der Waals surface area (Å²) in [7, 11) is 1.54. The predicted molar refractivity (Wildman–Crippen MR) is 108 cm³/mol. The molecule has 1 aliphatic heterocycles. The summed E-state index contributed by atoms with van der Waals surface area (Å²) in [6.45, 7) is 0. The fourth-order valence-electron chi connectivity index (χ4n) is 3.05. The van der Waals surface area contributed by atoms with Crippen molar-refractivity contribution in [1.82, 2.24) is 0 Å². The van der Waals surface area contributed by atoms with E-state index in [1.165, 1.54) is 30.2 Å². The van der Waals surface area contributed by atoms with Crippen LogP contribution >= 0.6 is 0 Å². The molecule has 0 saturated heterocycles. The summed E-state index contributed by atoms with van der Waals surface area (Å²) in [5.41, 5.74) is 0.913. The average Bonchev–Trinajstić information content (AvgIpc) is 3.06. The molecule has 29 heavy (non-hydrogen) atoms. The summed E-state index contributed by atoms with van der Waals surface area (Å²) in [4.78, 5) is 18.8. The van der Waals surface area contributed by atoms with Crippen molar-refractivity contribution >= 4 is 23.5 Å². The second-order valence-electron chi connectivity index (χ2n) is 6.30. The molecule has 0 spiro atoms. The molecule has 0 saturated carbocycles. The molecule has 1 amide bonds. The molecule has 4 rings (SSSR count). The van der Waals surface area contributed by atoms with Gasteiger partial charge in [0.2, 0.25) is 0 Å². The largest absolute Gasteiger partial charge is 0.497 e. The van der Waals surface area contributed by atoms with Crippen LogP contribution in [0.3, 0.4) is 0 Å². The lowest BCUT2D eigenvalue weighted by Crippen LogP contribution is -2.33. The van der Waals surface area contributed by atoms with Gasteiger partial charge < -0.3 is 4.74 Å². The zero-order valence-corrected chi connectivity index (χ0v) is 15.5. The van der Waals surface area contributed by atoms with Gasteiger partial charge in [0.15, 0.2) is 5.84 Å². The normalized spacial score (nSPS) is 15.0. The van der Waals surface area contributed by atoms with Crippen LogP contribution in [0.15, 0.2) is 83.5 Å². The van der Waals surface area contributed by atoms with Crippen LogP contribution in [0.4, 0.5) is 14.5 Å². The van der Waals surface area contributed by atoms with Gasteiger partial charge >= 0.3 is 0 Å². The van der Waals surface area contributed by atoms with E-state index in [9.17, 15) is 13.6 Å². The summed E-state index contributed by atoms with van der Waals surface area (Å²) in [6, 6.07) is 18.9. The Morgan fingerprint density at radius 2 is 1.55 bits per heavy atom. The molecule has 3 aromatic rings. The van der Waals surface area contributed by atoms with E-state index in [1.54, 1.807) is 60.7 Å². The molecule has 0 aromatic heterocycles. The molecule has 4 nitrogen and oxygen atoms in total. The van der Waals surface area contributed by atoms with Gasteiger partial charge in [0.05, 0.1) is 18.4 Å². The van der Waals surface area contributed by atoms with Gasteiger partial charge in [-0.15, -0.1) is 0 Å². The Morgan fingerprint density at radius 3 is 2.21 bits per heavy atom. The van der Waals surface area contributed by atoms with Crippen LogP contribution < -0.4 is 9.64 Å². The Labute approximate surface area is 166 Å². The number of hydrogen-bond acceptors (Lipinski definition) is 3. The summed E-state index contributed by atoms with van der Waals surface area (Å²) >= 11 is 0. The molecule has 0 radical (unpaired) electrons. The van der Waals surface area contributed by atoms with Gasteiger partial charge in [-0.2, -0.15) is 0 Å². The number of anilines is 1. The lowest BCUT2D eigenvalue weighted by Gasteiger charge is -2.19. The monoisotopic (exact) mass is 390 g/mol. The van der Waals surface area contributed by atoms with Crippen molar-refractivity contribution in [1.29, 1.82) is 0 Å². The van der Waals surface area contributed by atoms with Crippen LogP contribution in [0.25, 0.3) is 6.08 Å². The molecule has 0 bridgehead atoms. The number of benzene rings is 3. The van der Waals surface area contributed by atoms with Crippen LogP contribution in [0.1, 0.15) is 11.1 Å². The number of carbonyl (C=O) groups is 1. The Morgan fingerprint density at radius 1 is 0.897 bits per heavy atom. The van der Waals surface area contributed by atoms with Gasteiger partial charge in [-0.3, -0.25) is 9.69 Å². The molecule has 0 unspecified atom stereocenters. The number of methoxy groups -OCH3 is 1. The van der Waals surface area contributed by atoms with Gasteiger partial charge in [0.25, 0.3) is 5.91 Å². The maximum atomic E-state index is 14.5. The number of amides is 1. The highest BCUT2D eigenvalue weighted by atomic mass is 19.1. The molecule has 0 aliphatic carbocycles. The van der Waals surface area contributed by atoms with Crippen LogP contribution in [-0.4, -0.2) is 18.9 Å². The number of nitrogens with zero attached hydrogens (tertiary/aromatic N) is 2. The van der Waals surface area contributed by atoms with Crippen molar-refractivity contribution in [3.63, 3.8) is 0 Å². The fraction of sp³-hybridized carbons (Fsp3) is 0.0435. The fourth-order valence-corrected chi connectivity index (χ4v) is 3.05. The molecule has 144 valence electrons. The minimum atomic E-state index is -0.510. The third kappa shape index (κ3) is 3.52. The summed E-state index contributed by atoms with van der Waals surface area (Å²) < 4.78 is 33.7. The van der Waals surface area contributed by atoms with Gasteiger partial charge in [0, 0.05) is 5.56 Å². The zero-order chi connectivity index (χ0) is 20.4. The number of carbonyl (C=O) groups excluding carboxylic acids is 1. The third-order valence-corrected chi connectivity index (χ3v) is 4.50. The third-order valence-electron chi connectivity index (χ3n) is 4.50. The molecule has 1 aliphatic rings. The minimum Gasteiger partial charge on any atom is -0.497 e. The molecule has 1 heterocycles. The molecule has 6 heteroatoms. The van der Waals surface area contributed by atoms with E-state index in [2.05, 4.69) is 4.99 Å². The van der Waals surface area contributed by atoms with Crippen LogP contribution in [0.2, 0.25) is 0 Å². The average molecular weight is 390 g/mol. The van der Waals surface area contributed by atoms with Crippen LogP contribution in [-0.2, 0) is 4.79 Å². The molecule has 0 N–H and O–H groups in total. The highest BCUT2D eigenvalue weighted by Gasteiger charge is 2.33. The van der Waals surface area contributed by atoms with Gasteiger partial charge in [-0.25, -0.2) is 13.8 Å². The highest BCUT2D eigenvalue weighted by Crippen LogP contribution is 2.30. The van der Waals surface area contributed by atoms with E-state index in [0.717, 1.165) is 0 Å². The number of halogens is 2. The Hall–Kier alpha value is -3.80. The number of rotatable bonds is 4. The molecule has 3 aromatic carbocycles. The summed E-state index contributed by atoms with van der Waals surface area (Å²) in [6.07, 6.45) is 1.36. The SMILES string of the molecule is COc1ccc(N2C(=O)/C(=C\c3ccccc3F)N=C2c2ccccc2F)cc1. The molecular formula is C23H16F2N2O2. The van der Waals surface area contributed by atoms with E-state index >= 15 is 0 Å². The van der Waals surface area contributed by atoms with Crippen molar-refractivity contribution in [3.05, 3.63) is 101 Å². The predicted octanol–water partition coefficient (Wildman–Crippen LogP) is 4.81. The quantitative estimate of drug-likeness (QED) is 0.600. The van der Waals surface area contributed by atoms with Gasteiger partial charge in [-0.05, 0) is 48.5 Å². The van der Waals surface area contributed by atoms with Crippen molar-refractivity contribution in [2.45, 2.75) is 0 Å². The van der Waals surface area contributed by atoms with E-state index in [4.69, 9.17) is 4.74 Å². The van der Waals surface area contributed by atoms with Crippen molar-refractivity contribution < 1.29 is 18.3 Å². The molecular weight excluding hydrogens is 374 g/mol. The Kier molecular flexibility index (Phi) is 4.91. The van der Waals surface area contributed by atoms with E-state index < -0.39 is 17.5 Å². The first kappa shape index (κ1) is 18.6. The number of hydrogen-bond donors (Lipinski definition) is 0. The minimum absolute atomic E-state index is 0.0178. The lowest BCUT2D eigenvalue weighted by molar-refractivity contribution is -0.113. The maximum absolute atomic E-state index is 14.5.